The third-order valence-electron chi connectivity index (χ3n) is 3.39. The first-order chi connectivity index (χ1) is 9.57. The third-order valence-corrected chi connectivity index (χ3v) is 3.39. The number of carbonyl (C=O) groups is 1. The van der Waals surface area contributed by atoms with E-state index in [1.54, 1.807) is 24.1 Å². The van der Waals surface area contributed by atoms with Crippen LogP contribution in [0.15, 0.2) is 18.2 Å². The van der Waals surface area contributed by atoms with Gasteiger partial charge in [-0.1, -0.05) is 11.8 Å². The Hall–Kier alpha value is -2.03. The van der Waals surface area contributed by atoms with Crippen molar-refractivity contribution < 1.29 is 19.4 Å². The molecule has 2 aliphatic rings. The molecule has 1 aromatic rings. The second-order valence-corrected chi connectivity index (χ2v) is 5.01. The fourth-order valence-electron chi connectivity index (χ4n) is 2.09. The second kappa shape index (κ2) is 4.82. The normalized spacial score (nSPS) is 19.9. The van der Waals surface area contributed by atoms with Gasteiger partial charge in [-0.3, -0.25) is 4.79 Å². The molecule has 5 nitrogen and oxygen atoms in total. The van der Waals surface area contributed by atoms with E-state index in [1.165, 1.54) is 0 Å². The Kier molecular flexibility index (Phi) is 3.13. The molecular weight excluding hydrogens is 258 g/mol. The van der Waals surface area contributed by atoms with Crippen LogP contribution < -0.4 is 9.64 Å². The molecule has 1 saturated heterocycles. The number of fused-ring (bicyclic) bond motifs is 1. The summed E-state index contributed by atoms with van der Waals surface area (Å²) in [7, 11) is 1.72. The van der Waals surface area contributed by atoms with Gasteiger partial charge in [0.1, 0.15) is 5.75 Å². The van der Waals surface area contributed by atoms with Gasteiger partial charge in [0.25, 0.3) is 0 Å². The van der Waals surface area contributed by atoms with Gasteiger partial charge in [-0.05, 0) is 18.2 Å². The monoisotopic (exact) mass is 273 g/mol. The van der Waals surface area contributed by atoms with Crippen molar-refractivity contribution in [3.05, 3.63) is 23.8 Å². The highest BCUT2D eigenvalue weighted by molar-refractivity contribution is 5.95. The lowest BCUT2D eigenvalue weighted by Crippen LogP contribution is -2.48. The molecular formula is C15H15NO4. The molecule has 2 heterocycles. The van der Waals surface area contributed by atoms with E-state index in [2.05, 4.69) is 11.8 Å². The first-order valence-electron chi connectivity index (χ1n) is 6.44. The molecule has 0 bridgehead atoms. The van der Waals surface area contributed by atoms with Gasteiger partial charge in [0, 0.05) is 12.6 Å². The number of rotatable bonds is 0. The Morgan fingerprint density at radius 2 is 2.20 bits per heavy atom. The average molecular weight is 273 g/mol. The quantitative estimate of drug-likeness (QED) is 0.701. The number of carbonyl (C=O) groups excluding carboxylic acids is 1. The summed E-state index contributed by atoms with van der Waals surface area (Å²) in [6.07, 6.45) is 0.364. The van der Waals surface area contributed by atoms with Gasteiger partial charge in [-0.25, -0.2) is 0 Å². The second-order valence-electron chi connectivity index (χ2n) is 5.01. The number of ether oxygens (including phenoxy) is 2. The smallest absolute Gasteiger partial charge is 0.230 e. The molecule has 1 N–H and O–H groups in total. The lowest BCUT2D eigenvalue weighted by atomic mass is 10.0. The number of nitrogens with zero attached hydrogens (tertiary/aromatic N) is 1. The summed E-state index contributed by atoms with van der Waals surface area (Å²) in [6, 6.07) is 5.42. The minimum atomic E-state index is -1.04. The Balaban J connectivity index is 1.91. The van der Waals surface area contributed by atoms with Gasteiger partial charge in [0.05, 0.1) is 31.9 Å². The molecule has 1 fully saturated rings. The third kappa shape index (κ3) is 2.36. The van der Waals surface area contributed by atoms with Crippen LogP contribution >= 0.6 is 0 Å². The zero-order chi connectivity index (χ0) is 14.2. The van der Waals surface area contributed by atoms with Crippen molar-refractivity contribution in [2.24, 2.45) is 0 Å². The van der Waals surface area contributed by atoms with Crippen molar-refractivity contribution in [2.45, 2.75) is 12.0 Å². The molecule has 0 atom stereocenters. The van der Waals surface area contributed by atoms with Gasteiger partial charge in [0.15, 0.2) is 5.60 Å². The van der Waals surface area contributed by atoms with E-state index in [1.807, 2.05) is 6.07 Å². The molecule has 5 heteroatoms. The zero-order valence-corrected chi connectivity index (χ0v) is 11.2. The van der Waals surface area contributed by atoms with Crippen LogP contribution in [0.25, 0.3) is 0 Å². The molecule has 1 amide bonds. The minimum absolute atomic E-state index is 0.0138. The van der Waals surface area contributed by atoms with E-state index in [0.717, 1.165) is 5.56 Å². The van der Waals surface area contributed by atoms with Crippen LogP contribution in [0.3, 0.4) is 0 Å². The molecule has 3 rings (SSSR count). The predicted molar refractivity (Wildman–Crippen MR) is 72.6 cm³/mol. The molecule has 0 radical (unpaired) electrons. The summed E-state index contributed by atoms with van der Waals surface area (Å²) in [6.45, 7) is 0.872. The summed E-state index contributed by atoms with van der Waals surface area (Å²) in [5, 5.41) is 9.86. The van der Waals surface area contributed by atoms with E-state index in [0.29, 0.717) is 24.5 Å². The van der Waals surface area contributed by atoms with Gasteiger partial charge >= 0.3 is 0 Å². The van der Waals surface area contributed by atoms with E-state index < -0.39 is 5.60 Å². The predicted octanol–water partition coefficient (Wildman–Crippen LogP) is 0.545. The molecule has 0 aliphatic carbocycles. The number of anilines is 1. The highest BCUT2D eigenvalue weighted by atomic mass is 16.5. The van der Waals surface area contributed by atoms with Crippen LogP contribution in [0.4, 0.5) is 5.69 Å². The van der Waals surface area contributed by atoms with E-state index in [9.17, 15) is 9.90 Å². The number of hydrogen-bond acceptors (Lipinski definition) is 4. The lowest BCUT2D eigenvalue weighted by molar-refractivity contribution is -0.140. The SMILES string of the molecule is CN1C(=O)CCOc2ccc(C#CC3(O)COC3)cc21. The van der Waals surface area contributed by atoms with Crippen LogP contribution in [0.1, 0.15) is 12.0 Å². The fourth-order valence-corrected chi connectivity index (χ4v) is 2.09. The number of aliphatic hydroxyl groups is 1. The molecule has 1 aromatic carbocycles. The fraction of sp³-hybridized carbons (Fsp3) is 0.400. The van der Waals surface area contributed by atoms with Crippen molar-refractivity contribution in [3.8, 4) is 17.6 Å². The zero-order valence-electron chi connectivity index (χ0n) is 11.2. The van der Waals surface area contributed by atoms with Crippen LogP contribution in [0.5, 0.6) is 5.75 Å². The van der Waals surface area contributed by atoms with Crippen LogP contribution in [-0.2, 0) is 9.53 Å². The maximum Gasteiger partial charge on any atom is 0.230 e. The summed E-state index contributed by atoms with van der Waals surface area (Å²) in [5.41, 5.74) is 0.399. The van der Waals surface area contributed by atoms with Gasteiger partial charge in [-0.15, -0.1) is 0 Å². The largest absolute Gasteiger partial charge is 0.491 e. The number of benzene rings is 1. The Morgan fingerprint density at radius 1 is 1.40 bits per heavy atom. The van der Waals surface area contributed by atoms with E-state index >= 15 is 0 Å². The lowest BCUT2D eigenvalue weighted by Gasteiger charge is -2.30. The molecule has 104 valence electrons. The van der Waals surface area contributed by atoms with Gasteiger partial charge in [0.2, 0.25) is 5.91 Å². The topological polar surface area (TPSA) is 59.0 Å². The van der Waals surface area contributed by atoms with E-state index in [-0.39, 0.29) is 19.1 Å². The molecule has 2 aliphatic heterocycles. The van der Waals surface area contributed by atoms with Crippen molar-refractivity contribution >= 4 is 11.6 Å². The number of amides is 1. The van der Waals surface area contributed by atoms with Crippen molar-refractivity contribution in [3.63, 3.8) is 0 Å². The first kappa shape index (κ1) is 13.0. The van der Waals surface area contributed by atoms with E-state index in [4.69, 9.17) is 9.47 Å². The maximum atomic E-state index is 11.8. The Bertz CT molecular complexity index is 610. The highest BCUT2D eigenvalue weighted by Gasteiger charge is 2.33. The van der Waals surface area contributed by atoms with Crippen LogP contribution in [0, 0.1) is 11.8 Å². The van der Waals surface area contributed by atoms with Crippen molar-refractivity contribution in [2.75, 3.05) is 31.8 Å². The van der Waals surface area contributed by atoms with Crippen molar-refractivity contribution in [1.29, 1.82) is 0 Å². The molecule has 0 spiro atoms. The van der Waals surface area contributed by atoms with Gasteiger partial charge in [-0.2, -0.15) is 0 Å². The molecule has 0 unspecified atom stereocenters. The van der Waals surface area contributed by atoms with Crippen molar-refractivity contribution in [1.82, 2.24) is 0 Å². The minimum Gasteiger partial charge on any atom is -0.491 e. The number of hydrogen-bond donors (Lipinski definition) is 1. The summed E-state index contributed by atoms with van der Waals surface area (Å²) < 4.78 is 10.5. The summed E-state index contributed by atoms with van der Waals surface area (Å²) in [5.74, 6) is 6.41. The average Bonchev–Trinajstić information content (AvgIpc) is 2.55. The summed E-state index contributed by atoms with van der Waals surface area (Å²) >= 11 is 0. The highest BCUT2D eigenvalue weighted by Crippen LogP contribution is 2.31. The first-order valence-corrected chi connectivity index (χ1v) is 6.44. The van der Waals surface area contributed by atoms with Crippen LogP contribution in [0.2, 0.25) is 0 Å². The molecule has 0 saturated carbocycles. The Labute approximate surface area is 117 Å². The Morgan fingerprint density at radius 3 is 2.90 bits per heavy atom. The van der Waals surface area contributed by atoms with Crippen LogP contribution in [-0.4, -0.2) is 43.5 Å². The maximum absolute atomic E-state index is 11.8. The summed E-state index contributed by atoms with van der Waals surface area (Å²) in [4.78, 5) is 13.4. The standard InChI is InChI=1S/C15H15NO4/c1-16-12-8-11(4-6-15(18)9-19-10-15)2-3-13(12)20-7-5-14(16)17/h2-3,8,18H,5,7,9-10H2,1H3. The molecule has 20 heavy (non-hydrogen) atoms. The molecule has 0 aromatic heterocycles. The van der Waals surface area contributed by atoms with Gasteiger partial charge < -0.3 is 19.5 Å².